The second-order valence-electron chi connectivity index (χ2n) is 4.63. The van der Waals surface area contributed by atoms with Crippen LogP contribution in [0.15, 0.2) is 34.8 Å². The van der Waals surface area contributed by atoms with Crippen molar-refractivity contribution in [1.29, 1.82) is 0 Å². The number of hydrogen-bond donors (Lipinski definition) is 1. The molecule has 0 saturated heterocycles. The summed E-state index contributed by atoms with van der Waals surface area (Å²) in [7, 11) is 0. The highest BCUT2D eigenvalue weighted by molar-refractivity contribution is 9.10. The van der Waals surface area contributed by atoms with Gasteiger partial charge in [-0.25, -0.2) is 9.18 Å². The number of aromatic carboxylic acids is 1. The molecule has 98 valence electrons. The van der Waals surface area contributed by atoms with Crippen LogP contribution in [-0.4, -0.2) is 15.6 Å². The highest BCUT2D eigenvalue weighted by Gasteiger charge is 2.30. The molecule has 1 aromatic carbocycles. The molecule has 0 amide bonds. The van der Waals surface area contributed by atoms with E-state index in [-0.39, 0.29) is 17.6 Å². The molecule has 0 bridgehead atoms. The van der Waals surface area contributed by atoms with Crippen molar-refractivity contribution in [2.45, 2.75) is 18.9 Å². The average molecular weight is 324 g/mol. The van der Waals surface area contributed by atoms with Crippen LogP contribution < -0.4 is 0 Å². The minimum absolute atomic E-state index is 0.180. The van der Waals surface area contributed by atoms with Gasteiger partial charge in [-0.3, -0.25) is 0 Å². The normalized spacial score (nSPS) is 14.6. The quantitative estimate of drug-likeness (QED) is 0.924. The summed E-state index contributed by atoms with van der Waals surface area (Å²) in [5.74, 6) is -1.33. The van der Waals surface area contributed by atoms with E-state index >= 15 is 0 Å². The average Bonchev–Trinajstić information content (AvgIpc) is 3.08. The molecule has 0 unspecified atom stereocenters. The van der Waals surface area contributed by atoms with E-state index in [0.29, 0.717) is 15.7 Å². The Bertz CT molecular complexity index is 661. The Labute approximate surface area is 117 Å². The van der Waals surface area contributed by atoms with Crippen LogP contribution in [-0.2, 0) is 0 Å². The zero-order chi connectivity index (χ0) is 13.6. The lowest BCUT2D eigenvalue weighted by Crippen LogP contribution is -2.08. The SMILES string of the molecule is O=C(O)c1ccc(-c2ccc(Br)cc2F)n1C1CC1. The Hall–Kier alpha value is -1.62. The van der Waals surface area contributed by atoms with Gasteiger partial charge >= 0.3 is 5.97 Å². The summed E-state index contributed by atoms with van der Waals surface area (Å²) < 4.78 is 16.4. The Morgan fingerprint density at radius 1 is 1.32 bits per heavy atom. The molecule has 2 aromatic rings. The Balaban J connectivity index is 2.17. The van der Waals surface area contributed by atoms with Crippen molar-refractivity contribution >= 4 is 21.9 Å². The third-order valence-electron chi connectivity index (χ3n) is 3.26. The van der Waals surface area contributed by atoms with E-state index in [1.54, 1.807) is 22.8 Å². The predicted molar refractivity (Wildman–Crippen MR) is 72.8 cm³/mol. The molecule has 5 heteroatoms. The van der Waals surface area contributed by atoms with Gasteiger partial charge in [0.25, 0.3) is 0 Å². The fraction of sp³-hybridized carbons (Fsp3) is 0.214. The van der Waals surface area contributed by atoms with Crippen LogP contribution in [0.1, 0.15) is 29.4 Å². The fourth-order valence-electron chi connectivity index (χ4n) is 2.27. The van der Waals surface area contributed by atoms with Gasteiger partial charge < -0.3 is 9.67 Å². The molecule has 3 nitrogen and oxygen atoms in total. The van der Waals surface area contributed by atoms with Gasteiger partial charge in [-0.15, -0.1) is 0 Å². The third-order valence-corrected chi connectivity index (χ3v) is 3.75. The Kier molecular flexibility index (Phi) is 2.93. The monoisotopic (exact) mass is 323 g/mol. The number of halogens is 2. The number of carbonyl (C=O) groups is 1. The molecule has 1 fully saturated rings. The molecule has 0 spiro atoms. The van der Waals surface area contributed by atoms with Crippen LogP contribution in [0.3, 0.4) is 0 Å². The third kappa shape index (κ3) is 2.18. The molecular formula is C14H11BrFNO2. The lowest BCUT2D eigenvalue weighted by molar-refractivity contribution is 0.0685. The van der Waals surface area contributed by atoms with Crippen LogP contribution in [0.2, 0.25) is 0 Å². The number of benzene rings is 1. The highest BCUT2D eigenvalue weighted by Crippen LogP contribution is 2.41. The summed E-state index contributed by atoms with van der Waals surface area (Å²) in [6, 6.07) is 8.20. The lowest BCUT2D eigenvalue weighted by atomic mass is 10.1. The van der Waals surface area contributed by atoms with Gasteiger partial charge in [-0.2, -0.15) is 0 Å². The van der Waals surface area contributed by atoms with E-state index in [1.165, 1.54) is 12.1 Å². The summed E-state index contributed by atoms with van der Waals surface area (Å²) in [5.41, 5.74) is 1.28. The molecule has 0 aliphatic heterocycles. The predicted octanol–water partition coefficient (Wildman–Crippen LogP) is 4.09. The number of carboxylic acid groups (broad SMARTS) is 1. The van der Waals surface area contributed by atoms with Gasteiger partial charge in [0.2, 0.25) is 0 Å². The number of rotatable bonds is 3. The first kappa shape index (κ1) is 12.4. The largest absolute Gasteiger partial charge is 0.477 e. The molecule has 1 aliphatic rings. The van der Waals surface area contributed by atoms with Crippen LogP contribution in [0.5, 0.6) is 0 Å². The highest BCUT2D eigenvalue weighted by atomic mass is 79.9. The van der Waals surface area contributed by atoms with Crippen molar-refractivity contribution in [2.24, 2.45) is 0 Å². The summed E-state index contributed by atoms with van der Waals surface area (Å²) in [4.78, 5) is 11.2. The molecule has 0 radical (unpaired) electrons. The van der Waals surface area contributed by atoms with E-state index in [1.807, 2.05) is 0 Å². The van der Waals surface area contributed by atoms with Gasteiger partial charge in [-0.1, -0.05) is 15.9 Å². The molecule has 1 heterocycles. The number of aromatic nitrogens is 1. The Morgan fingerprint density at radius 2 is 2.05 bits per heavy atom. The van der Waals surface area contributed by atoms with Crippen molar-refractivity contribution in [3.05, 3.63) is 46.3 Å². The van der Waals surface area contributed by atoms with E-state index < -0.39 is 5.97 Å². The van der Waals surface area contributed by atoms with Gasteiger partial charge in [0.05, 0.1) is 5.69 Å². The first-order valence-corrected chi connectivity index (χ1v) is 6.77. The minimum Gasteiger partial charge on any atom is -0.477 e. The zero-order valence-electron chi connectivity index (χ0n) is 9.94. The zero-order valence-corrected chi connectivity index (χ0v) is 11.5. The summed E-state index contributed by atoms with van der Waals surface area (Å²) >= 11 is 3.22. The van der Waals surface area contributed by atoms with Crippen LogP contribution >= 0.6 is 15.9 Å². The molecule has 1 aliphatic carbocycles. The maximum Gasteiger partial charge on any atom is 0.352 e. The van der Waals surface area contributed by atoms with Gasteiger partial charge in [-0.05, 0) is 43.2 Å². The van der Waals surface area contributed by atoms with Crippen LogP contribution in [0.4, 0.5) is 4.39 Å². The van der Waals surface area contributed by atoms with Gasteiger partial charge in [0, 0.05) is 16.1 Å². The van der Waals surface area contributed by atoms with Crippen molar-refractivity contribution in [2.75, 3.05) is 0 Å². The molecule has 0 atom stereocenters. The number of hydrogen-bond acceptors (Lipinski definition) is 1. The second-order valence-corrected chi connectivity index (χ2v) is 5.55. The minimum atomic E-state index is -0.976. The van der Waals surface area contributed by atoms with Crippen molar-refractivity contribution in [3.63, 3.8) is 0 Å². The summed E-state index contributed by atoms with van der Waals surface area (Å²) in [5, 5.41) is 9.19. The van der Waals surface area contributed by atoms with E-state index in [0.717, 1.165) is 12.8 Å². The fourth-order valence-corrected chi connectivity index (χ4v) is 2.60. The van der Waals surface area contributed by atoms with Crippen molar-refractivity contribution in [1.82, 2.24) is 4.57 Å². The van der Waals surface area contributed by atoms with Crippen LogP contribution in [0, 0.1) is 5.82 Å². The van der Waals surface area contributed by atoms with Crippen molar-refractivity contribution < 1.29 is 14.3 Å². The second kappa shape index (κ2) is 4.49. The van der Waals surface area contributed by atoms with E-state index in [4.69, 9.17) is 0 Å². The van der Waals surface area contributed by atoms with Gasteiger partial charge in [0.15, 0.2) is 0 Å². The molecule has 1 saturated carbocycles. The standard InChI is InChI=1S/C14H11BrFNO2/c15-8-1-4-10(11(16)7-8)12-5-6-13(14(18)19)17(12)9-2-3-9/h1,4-7,9H,2-3H2,(H,18,19). The Morgan fingerprint density at radius 3 is 2.63 bits per heavy atom. The van der Waals surface area contributed by atoms with Crippen LogP contribution in [0.25, 0.3) is 11.3 Å². The number of carboxylic acids is 1. The summed E-state index contributed by atoms with van der Waals surface area (Å²) in [6.45, 7) is 0. The lowest BCUT2D eigenvalue weighted by Gasteiger charge is -2.11. The first-order valence-electron chi connectivity index (χ1n) is 5.98. The summed E-state index contributed by atoms with van der Waals surface area (Å²) in [6.07, 6.45) is 1.89. The molecule has 3 rings (SSSR count). The van der Waals surface area contributed by atoms with Gasteiger partial charge in [0.1, 0.15) is 11.5 Å². The molecule has 1 aromatic heterocycles. The molecule has 1 N–H and O–H groups in total. The maximum atomic E-state index is 14.0. The topological polar surface area (TPSA) is 42.2 Å². The first-order chi connectivity index (χ1) is 9.08. The van der Waals surface area contributed by atoms with Crippen molar-refractivity contribution in [3.8, 4) is 11.3 Å². The van der Waals surface area contributed by atoms with E-state index in [2.05, 4.69) is 15.9 Å². The maximum absolute atomic E-state index is 14.0. The smallest absolute Gasteiger partial charge is 0.352 e. The molecule has 19 heavy (non-hydrogen) atoms. The number of nitrogens with zero attached hydrogens (tertiary/aromatic N) is 1. The molecular weight excluding hydrogens is 313 g/mol. The van der Waals surface area contributed by atoms with E-state index in [9.17, 15) is 14.3 Å².